The third-order valence-electron chi connectivity index (χ3n) is 3.31. The fraction of sp³-hybridized carbons (Fsp3) is 0.235. The summed E-state index contributed by atoms with van der Waals surface area (Å²) in [5.74, 6) is -0.194. The number of hydrogen-bond donors (Lipinski definition) is 3. The first kappa shape index (κ1) is 15.2. The topological polar surface area (TPSA) is 75.4 Å². The molecule has 0 spiro atoms. The van der Waals surface area contributed by atoms with Crippen LogP contribution in [0.2, 0.25) is 0 Å². The molecule has 110 valence electrons. The fourth-order valence-electron chi connectivity index (χ4n) is 2.17. The molecule has 0 radical (unpaired) electrons. The molecule has 4 nitrogen and oxygen atoms in total. The summed E-state index contributed by atoms with van der Waals surface area (Å²) >= 11 is 0. The third kappa shape index (κ3) is 4.41. The number of aliphatic hydroxyl groups is 1. The van der Waals surface area contributed by atoms with Gasteiger partial charge in [-0.2, -0.15) is 0 Å². The van der Waals surface area contributed by atoms with Gasteiger partial charge in [-0.15, -0.1) is 0 Å². The Labute approximate surface area is 124 Å². The molecule has 0 saturated carbocycles. The van der Waals surface area contributed by atoms with Crippen LogP contribution in [0.15, 0.2) is 54.6 Å². The predicted octanol–water partition coefficient (Wildman–Crippen LogP) is 1.48. The zero-order chi connectivity index (χ0) is 15.1. The Hall–Kier alpha value is -2.17. The molecular weight excluding hydrogens is 264 g/mol. The summed E-state index contributed by atoms with van der Waals surface area (Å²) in [5, 5.41) is 12.3. The molecular formula is C17H20N2O2. The highest BCUT2D eigenvalue weighted by Gasteiger charge is 2.13. The second-order valence-corrected chi connectivity index (χ2v) is 4.95. The van der Waals surface area contributed by atoms with Crippen LogP contribution in [0.3, 0.4) is 0 Å². The summed E-state index contributed by atoms with van der Waals surface area (Å²) < 4.78 is 0. The molecule has 0 aliphatic heterocycles. The SMILES string of the molecule is NCc1cccc(C(=O)N[C@H](CO)Cc2ccccc2)c1. The quantitative estimate of drug-likeness (QED) is 0.752. The zero-order valence-electron chi connectivity index (χ0n) is 11.8. The van der Waals surface area contributed by atoms with Crippen molar-refractivity contribution in [2.75, 3.05) is 6.61 Å². The van der Waals surface area contributed by atoms with Gasteiger partial charge in [0.15, 0.2) is 0 Å². The van der Waals surface area contributed by atoms with Gasteiger partial charge in [0.25, 0.3) is 5.91 Å². The second kappa shape index (κ2) is 7.57. The van der Waals surface area contributed by atoms with E-state index in [-0.39, 0.29) is 18.6 Å². The lowest BCUT2D eigenvalue weighted by atomic mass is 10.1. The maximum atomic E-state index is 12.2. The number of carbonyl (C=O) groups excluding carboxylic acids is 1. The Kier molecular flexibility index (Phi) is 5.49. The van der Waals surface area contributed by atoms with Crippen molar-refractivity contribution < 1.29 is 9.90 Å². The van der Waals surface area contributed by atoms with Crippen molar-refractivity contribution in [2.24, 2.45) is 5.73 Å². The van der Waals surface area contributed by atoms with Crippen LogP contribution in [0, 0.1) is 0 Å². The minimum Gasteiger partial charge on any atom is -0.394 e. The van der Waals surface area contributed by atoms with Crippen LogP contribution in [-0.4, -0.2) is 23.7 Å². The number of benzene rings is 2. The van der Waals surface area contributed by atoms with Gasteiger partial charge in [-0.25, -0.2) is 0 Å². The largest absolute Gasteiger partial charge is 0.394 e. The summed E-state index contributed by atoms with van der Waals surface area (Å²) in [6.45, 7) is 0.297. The predicted molar refractivity (Wildman–Crippen MR) is 82.8 cm³/mol. The lowest BCUT2D eigenvalue weighted by molar-refractivity contribution is 0.0916. The first-order valence-electron chi connectivity index (χ1n) is 6.97. The number of nitrogens with one attached hydrogen (secondary N) is 1. The van der Waals surface area contributed by atoms with Gasteiger partial charge in [0.05, 0.1) is 12.6 Å². The Bertz CT molecular complexity index is 584. The van der Waals surface area contributed by atoms with Gasteiger partial charge >= 0.3 is 0 Å². The molecule has 21 heavy (non-hydrogen) atoms. The molecule has 2 rings (SSSR count). The highest BCUT2D eigenvalue weighted by atomic mass is 16.3. The van der Waals surface area contributed by atoms with E-state index in [0.29, 0.717) is 18.5 Å². The standard InChI is InChI=1S/C17H20N2O2/c18-11-14-7-4-8-15(9-14)17(21)19-16(12-20)10-13-5-2-1-3-6-13/h1-9,16,20H,10-12,18H2,(H,19,21)/t16-/m0/s1. The number of carbonyl (C=O) groups is 1. The second-order valence-electron chi connectivity index (χ2n) is 4.95. The fourth-order valence-corrected chi connectivity index (χ4v) is 2.17. The lowest BCUT2D eigenvalue weighted by Gasteiger charge is -2.16. The van der Waals surface area contributed by atoms with Gasteiger partial charge in [-0.3, -0.25) is 4.79 Å². The molecule has 0 unspecified atom stereocenters. The Morgan fingerprint density at radius 1 is 1.10 bits per heavy atom. The minimum absolute atomic E-state index is 0.1000. The van der Waals surface area contributed by atoms with E-state index in [2.05, 4.69) is 5.32 Å². The van der Waals surface area contributed by atoms with E-state index < -0.39 is 0 Å². The van der Waals surface area contributed by atoms with Crippen molar-refractivity contribution in [2.45, 2.75) is 19.0 Å². The summed E-state index contributed by atoms with van der Waals surface area (Å²) in [6, 6.07) is 16.7. The van der Waals surface area contributed by atoms with E-state index in [1.807, 2.05) is 42.5 Å². The van der Waals surface area contributed by atoms with E-state index >= 15 is 0 Å². The van der Waals surface area contributed by atoms with E-state index in [0.717, 1.165) is 11.1 Å². The molecule has 4 N–H and O–H groups in total. The molecule has 1 amide bonds. The Morgan fingerprint density at radius 2 is 1.81 bits per heavy atom. The summed E-state index contributed by atoms with van der Waals surface area (Å²) in [4.78, 5) is 12.2. The third-order valence-corrected chi connectivity index (χ3v) is 3.31. The highest BCUT2D eigenvalue weighted by Crippen LogP contribution is 2.07. The molecule has 0 heterocycles. The van der Waals surface area contributed by atoms with Crippen LogP contribution in [0.5, 0.6) is 0 Å². The van der Waals surface area contributed by atoms with Gasteiger partial charge in [0.2, 0.25) is 0 Å². The van der Waals surface area contributed by atoms with E-state index in [4.69, 9.17) is 5.73 Å². The Morgan fingerprint density at radius 3 is 2.48 bits per heavy atom. The molecule has 0 fully saturated rings. The van der Waals surface area contributed by atoms with Crippen LogP contribution < -0.4 is 11.1 Å². The lowest BCUT2D eigenvalue weighted by Crippen LogP contribution is -2.39. The Balaban J connectivity index is 2.02. The van der Waals surface area contributed by atoms with Crippen LogP contribution >= 0.6 is 0 Å². The van der Waals surface area contributed by atoms with Crippen molar-refractivity contribution in [3.63, 3.8) is 0 Å². The smallest absolute Gasteiger partial charge is 0.251 e. The van der Waals surface area contributed by atoms with Crippen molar-refractivity contribution >= 4 is 5.91 Å². The molecule has 1 atom stereocenters. The van der Waals surface area contributed by atoms with Crippen molar-refractivity contribution in [1.82, 2.24) is 5.32 Å². The molecule has 4 heteroatoms. The summed E-state index contributed by atoms with van der Waals surface area (Å²) in [7, 11) is 0. The van der Waals surface area contributed by atoms with E-state index in [1.165, 1.54) is 0 Å². The number of nitrogens with two attached hydrogens (primary N) is 1. The van der Waals surface area contributed by atoms with Crippen LogP contribution in [0.25, 0.3) is 0 Å². The number of rotatable bonds is 6. The summed E-state index contributed by atoms with van der Waals surface area (Å²) in [5.41, 5.74) is 8.12. The summed E-state index contributed by atoms with van der Waals surface area (Å²) in [6.07, 6.45) is 0.597. The van der Waals surface area contributed by atoms with Crippen LogP contribution in [0.1, 0.15) is 21.5 Å². The van der Waals surface area contributed by atoms with E-state index in [1.54, 1.807) is 12.1 Å². The van der Waals surface area contributed by atoms with Crippen molar-refractivity contribution in [3.8, 4) is 0 Å². The van der Waals surface area contributed by atoms with Gasteiger partial charge in [-0.05, 0) is 29.7 Å². The van der Waals surface area contributed by atoms with Crippen LogP contribution in [0.4, 0.5) is 0 Å². The average molecular weight is 284 g/mol. The average Bonchev–Trinajstić information content (AvgIpc) is 2.55. The van der Waals surface area contributed by atoms with Crippen LogP contribution in [-0.2, 0) is 13.0 Å². The van der Waals surface area contributed by atoms with Gasteiger partial charge < -0.3 is 16.2 Å². The molecule has 2 aromatic rings. The zero-order valence-corrected chi connectivity index (χ0v) is 11.8. The maximum Gasteiger partial charge on any atom is 0.251 e. The molecule has 0 aromatic heterocycles. The first-order valence-corrected chi connectivity index (χ1v) is 6.97. The van der Waals surface area contributed by atoms with Gasteiger partial charge in [0, 0.05) is 12.1 Å². The monoisotopic (exact) mass is 284 g/mol. The normalized spacial score (nSPS) is 11.9. The number of aliphatic hydroxyl groups excluding tert-OH is 1. The number of hydrogen-bond acceptors (Lipinski definition) is 3. The van der Waals surface area contributed by atoms with Gasteiger partial charge in [0.1, 0.15) is 0 Å². The molecule has 0 aliphatic rings. The van der Waals surface area contributed by atoms with E-state index in [9.17, 15) is 9.90 Å². The van der Waals surface area contributed by atoms with Crippen molar-refractivity contribution in [1.29, 1.82) is 0 Å². The highest BCUT2D eigenvalue weighted by molar-refractivity contribution is 5.94. The molecule has 0 saturated heterocycles. The molecule has 0 aliphatic carbocycles. The molecule has 0 bridgehead atoms. The maximum absolute atomic E-state index is 12.2. The van der Waals surface area contributed by atoms with Crippen molar-refractivity contribution in [3.05, 3.63) is 71.3 Å². The number of amides is 1. The first-order chi connectivity index (χ1) is 10.2. The minimum atomic E-state index is -0.304. The van der Waals surface area contributed by atoms with Gasteiger partial charge in [-0.1, -0.05) is 42.5 Å². The molecule has 2 aromatic carbocycles.